The van der Waals surface area contributed by atoms with Gasteiger partial charge in [0.1, 0.15) is 12.2 Å². The number of hydrogen-bond acceptors (Lipinski definition) is 9. The lowest BCUT2D eigenvalue weighted by Gasteiger charge is -2.44. The van der Waals surface area contributed by atoms with Crippen LogP contribution in [0.1, 0.15) is 53.3 Å². The molecule has 1 aromatic heterocycles. The van der Waals surface area contributed by atoms with Gasteiger partial charge < -0.3 is 24.6 Å². The number of nitrogens with two attached hydrogens (primary N) is 1. The molecule has 1 spiro atoms. The van der Waals surface area contributed by atoms with Gasteiger partial charge in [0.05, 0.1) is 17.7 Å². The molecule has 3 N–H and O–H groups in total. The van der Waals surface area contributed by atoms with Crippen molar-refractivity contribution in [3.8, 4) is 0 Å². The van der Waals surface area contributed by atoms with Crippen LogP contribution >= 0.6 is 0 Å². The van der Waals surface area contributed by atoms with E-state index in [1.54, 1.807) is 6.92 Å². The first-order chi connectivity index (χ1) is 18.8. The van der Waals surface area contributed by atoms with Crippen molar-refractivity contribution in [2.24, 2.45) is 12.8 Å². The number of hydrogen-bond donors (Lipinski definition) is 2. The van der Waals surface area contributed by atoms with E-state index < -0.39 is 68.1 Å². The zero-order chi connectivity index (χ0) is 32.4. The van der Waals surface area contributed by atoms with E-state index in [0.717, 1.165) is 9.98 Å². The van der Waals surface area contributed by atoms with Crippen molar-refractivity contribution in [2.75, 3.05) is 6.61 Å². The standard InChI is InChI=1S/C26H46N4O9SSi2/c1-16-13-30(23(33)29(8)20(16)31)21-19(38-42(11,12)25(5,6)7)26(17(28-22(27)32)15-40(34,35)39-26)18(37-21)14-36-41(9,10)24(2,3)4/h13,15,18-19,21H,14H2,1-12H3,(H3,27,28,32)/t18-,19+,21-,26?/m1/s1. The van der Waals surface area contributed by atoms with E-state index in [9.17, 15) is 22.8 Å². The highest BCUT2D eigenvalue weighted by Crippen LogP contribution is 2.52. The van der Waals surface area contributed by atoms with E-state index in [-0.39, 0.29) is 27.9 Å². The summed E-state index contributed by atoms with van der Waals surface area (Å²) >= 11 is 0. The van der Waals surface area contributed by atoms with Crippen molar-refractivity contribution in [3.63, 3.8) is 0 Å². The number of aryl methyl sites for hydroxylation is 1. The molecule has 16 heteroatoms. The van der Waals surface area contributed by atoms with Crippen molar-refractivity contribution in [1.82, 2.24) is 14.5 Å². The lowest BCUT2D eigenvalue weighted by molar-refractivity contribution is -0.0571. The summed E-state index contributed by atoms with van der Waals surface area (Å²) in [7, 11) is -8.23. The van der Waals surface area contributed by atoms with Crippen molar-refractivity contribution >= 4 is 32.8 Å². The van der Waals surface area contributed by atoms with Gasteiger partial charge in [-0.25, -0.2) is 13.8 Å². The molecule has 2 amide bonds. The summed E-state index contributed by atoms with van der Waals surface area (Å²) in [6.07, 6.45) is -2.37. The summed E-state index contributed by atoms with van der Waals surface area (Å²) in [6.45, 7) is 21.6. The molecule has 2 aliphatic heterocycles. The van der Waals surface area contributed by atoms with Crippen LogP contribution in [0.3, 0.4) is 0 Å². The second-order valence-electron chi connectivity index (χ2n) is 14.1. The van der Waals surface area contributed by atoms with Crippen LogP contribution in [0.25, 0.3) is 0 Å². The van der Waals surface area contributed by atoms with Crippen LogP contribution in [-0.4, -0.2) is 64.6 Å². The highest BCUT2D eigenvalue weighted by atomic mass is 32.2. The molecule has 13 nitrogen and oxygen atoms in total. The van der Waals surface area contributed by atoms with E-state index in [0.29, 0.717) is 0 Å². The second kappa shape index (κ2) is 10.8. The van der Waals surface area contributed by atoms with E-state index >= 15 is 0 Å². The molecule has 0 aromatic carbocycles. The van der Waals surface area contributed by atoms with Gasteiger partial charge in [-0.2, -0.15) is 8.42 Å². The van der Waals surface area contributed by atoms with E-state index in [1.165, 1.54) is 17.8 Å². The highest BCUT2D eigenvalue weighted by molar-refractivity contribution is 7.90. The van der Waals surface area contributed by atoms with E-state index in [4.69, 9.17) is 23.5 Å². The molecule has 0 aliphatic carbocycles. The number of primary amides is 1. The van der Waals surface area contributed by atoms with Gasteiger partial charge in [0.15, 0.2) is 28.5 Å². The summed E-state index contributed by atoms with van der Waals surface area (Å²) in [5.41, 5.74) is 2.41. The molecule has 0 radical (unpaired) electrons. The Labute approximate surface area is 249 Å². The van der Waals surface area contributed by atoms with E-state index in [2.05, 4.69) is 26.1 Å². The van der Waals surface area contributed by atoms with Crippen molar-refractivity contribution in [2.45, 2.75) is 109 Å². The largest absolute Gasteiger partial charge is 0.414 e. The third kappa shape index (κ3) is 6.12. The SMILES string of the molecule is Cc1cn([C@@H]2O[C@H](CO[Si](C)(C)C(C)(C)C)C3(OS(=O)(=O)C=C3NC(N)=O)[C@H]2O[Si](C)(C)C(C)(C)C)c(=O)n(C)c1=O. The normalized spacial score (nSPS) is 26.5. The van der Waals surface area contributed by atoms with Crippen LogP contribution in [0.4, 0.5) is 4.79 Å². The smallest absolute Gasteiger partial charge is 0.332 e. The fourth-order valence-corrected chi connectivity index (χ4v) is 8.00. The molecule has 1 aromatic rings. The van der Waals surface area contributed by atoms with Gasteiger partial charge in [0.25, 0.3) is 15.7 Å². The van der Waals surface area contributed by atoms with Gasteiger partial charge in [-0.3, -0.25) is 13.9 Å². The van der Waals surface area contributed by atoms with Gasteiger partial charge >= 0.3 is 11.7 Å². The maximum Gasteiger partial charge on any atom is 0.332 e. The quantitative estimate of drug-likeness (QED) is 0.334. The molecule has 2 aliphatic rings. The lowest BCUT2D eigenvalue weighted by atomic mass is 9.89. The zero-order valence-corrected chi connectivity index (χ0v) is 29.5. The summed E-state index contributed by atoms with van der Waals surface area (Å²) in [4.78, 5) is 38.2. The number of rotatable bonds is 7. The zero-order valence-electron chi connectivity index (χ0n) is 26.6. The van der Waals surface area contributed by atoms with Crippen LogP contribution in [-0.2, 0) is 34.9 Å². The van der Waals surface area contributed by atoms with Crippen molar-refractivity contribution < 1.29 is 31.0 Å². The average molecular weight is 647 g/mol. The number of nitrogens with one attached hydrogen (secondary N) is 1. The van der Waals surface area contributed by atoms with Gasteiger partial charge in [0, 0.05) is 18.8 Å². The first-order valence-electron chi connectivity index (χ1n) is 13.8. The topological polar surface area (TPSA) is 170 Å². The number of aromatic nitrogens is 2. The highest BCUT2D eigenvalue weighted by Gasteiger charge is 2.68. The molecular formula is C26H46N4O9SSi2. The molecule has 3 heterocycles. The number of urea groups is 1. The fraction of sp³-hybridized carbons (Fsp3) is 0.731. The number of carbonyl (C=O) groups is 1. The predicted molar refractivity (Wildman–Crippen MR) is 163 cm³/mol. The minimum Gasteiger partial charge on any atom is -0.414 e. The Morgan fingerprint density at radius 3 is 2.14 bits per heavy atom. The third-order valence-electron chi connectivity index (χ3n) is 9.04. The molecule has 4 atom stereocenters. The molecular weight excluding hydrogens is 601 g/mol. The lowest BCUT2D eigenvalue weighted by Crippen LogP contribution is -2.60. The van der Waals surface area contributed by atoms with E-state index in [1.807, 2.05) is 47.0 Å². The summed E-state index contributed by atoms with van der Waals surface area (Å²) in [5.74, 6) is 0. The minimum absolute atomic E-state index is 0.142. The number of carbonyl (C=O) groups excluding carboxylic acids is 1. The number of ether oxygens (including phenoxy) is 1. The van der Waals surface area contributed by atoms with Crippen molar-refractivity contribution in [1.29, 1.82) is 0 Å². The number of amides is 2. The maximum atomic E-state index is 13.5. The average Bonchev–Trinajstić information content (AvgIpc) is 3.24. The molecule has 238 valence electrons. The van der Waals surface area contributed by atoms with Gasteiger partial charge in [0.2, 0.25) is 0 Å². The molecule has 0 saturated carbocycles. The Balaban J connectivity index is 2.36. The Morgan fingerprint density at radius 1 is 1.10 bits per heavy atom. The van der Waals surface area contributed by atoms with Crippen LogP contribution in [0, 0.1) is 6.92 Å². The van der Waals surface area contributed by atoms with Gasteiger partial charge in [-0.1, -0.05) is 41.5 Å². The summed E-state index contributed by atoms with van der Waals surface area (Å²) in [5, 5.41) is 2.65. The first kappa shape index (κ1) is 34.4. The Morgan fingerprint density at radius 2 is 1.64 bits per heavy atom. The van der Waals surface area contributed by atoms with Crippen LogP contribution in [0.2, 0.25) is 36.3 Å². The maximum absolute atomic E-state index is 13.5. The fourth-order valence-electron chi connectivity index (χ4n) is 4.46. The monoisotopic (exact) mass is 646 g/mol. The van der Waals surface area contributed by atoms with Crippen molar-refractivity contribution in [3.05, 3.63) is 43.7 Å². The third-order valence-corrected chi connectivity index (χ3v) is 19.0. The second-order valence-corrected chi connectivity index (χ2v) is 25.1. The molecule has 42 heavy (non-hydrogen) atoms. The minimum atomic E-state index is -4.37. The Hall–Kier alpha value is -2.09. The van der Waals surface area contributed by atoms with Gasteiger partial charge in [-0.05, 0) is 43.2 Å². The predicted octanol–water partition coefficient (Wildman–Crippen LogP) is 2.77. The molecule has 1 fully saturated rings. The molecule has 0 bridgehead atoms. The summed E-state index contributed by atoms with van der Waals surface area (Å²) < 4.78 is 54.1. The Kier molecular flexibility index (Phi) is 8.86. The summed E-state index contributed by atoms with van der Waals surface area (Å²) in [6, 6.07) is -1.02. The number of nitrogens with zero attached hydrogens (tertiary/aromatic N) is 2. The van der Waals surface area contributed by atoms with Crippen LogP contribution in [0.15, 0.2) is 26.9 Å². The molecule has 3 rings (SSSR count). The molecule has 1 saturated heterocycles. The van der Waals surface area contributed by atoms with Crippen LogP contribution < -0.4 is 22.3 Å². The Bertz CT molecular complexity index is 1500. The van der Waals surface area contributed by atoms with Crippen LogP contribution in [0.5, 0.6) is 0 Å². The van der Waals surface area contributed by atoms with Gasteiger partial charge in [-0.15, -0.1) is 0 Å². The molecule has 1 unspecified atom stereocenters. The first-order valence-corrected chi connectivity index (χ1v) is 21.1.